The van der Waals surface area contributed by atoms with Crippen LogP contribution in [0, 0.1) is 5.82 Å². The minimum atomic E-state index is -0.616. The summed E-state index contributed by atoms with van der Waals surface area (Å²) in [4.78, 5) is 40.8. The zero-order chi connectivity index (χ0) is 24.8. The van der Waals surface area contributed by atoms with E-state index in [-0.39, 0.29) is 30.2 Å². The molecular weight excluding hydrogens is 461 g/mol. The molecule has 4 aliphatic rings. The molecule has 3 aliphatic heterocycles. The SMILES string of the molecule is O=C1CCC(N2Cc3cc(O[C@@H]4CCCC[C@@H]4N4CC(c5ccc(F)cc5)C4)ccc3C2=O)C(=O)N1. The number of likely N-dealkylation sites (tertiary alicyclic amines) is 1. The van der Waals surface area contributed by atoms with E-state index in [1.807, 2.05) is 24.3 Å². The molecule has 6 rings (SSSR count). The van der Waals surface area contributed by atoms with E-state index in [4.69, 9.17) is 4.74 Å². The Labute approximate surface area is 209 Å². The number of imide groups is 1. The van der Waals surface area contributed by atoms with Gasteiger partial charge in [0.1, 0.15) is 23.7 Å². The lowest BCUT2D eigenvalue weighted by Crippen LogP contribution is -2.57. The zero-order valence-electron chi connectivity index (χ0n) is 20.1. The molecule has 8 heteroatoms. The molecule has 0 bridgehead atoms. The van der Waals surface area contributed by atoms with Crippen LogP contribution in [0.15, 0.2) is 42.5 Å². The molecule has 3 amide bonds. The number of hydrogen-bond donors (Lipinski definition) is 1. The molecule has 1 unspecified atom stereocenters. The number of fused-ring (bicyclic) bond motifs is 1. The first-order valence-corrected chi connectivity index (χ1v) is 12.9. The topological polar surface area (TPSA) is 79.0 Å². The summed E-state index contributed by atoms with van der Waals surface area (Å²) < 4.78 is 19.8. The average Bonchev–Trinajstić information content (AvgIpc) is 3.16. The van der Waals surface area contributed by atoms with Gasteiger partial charge < -0.3 is 9.64 Å². The minimum Gasteiger partial charge on any atom is -0.489 e. The van der Waals surface area contributed by atoms with Crippen LogP contribution in [0.5, 0.6) is 5.75 Å². The van der Waals surface area contributed by atoms with Crippen molar-refractivity contribution in [1.82, 2.24) is 15.1 Å². The van der Waals surface area contributed by atoms with Crippen LogP contribution in [0.1, 0.15) is 65.9 Å². The lowest BCUT2D eigenvalue weighted by atomic mass is 9.84. The Bertz CT molecular complexity index is 1190. The maximum Gasteiger partial charge on any atom is 0.255 e. The van der Waals surface area contributed by atoms with E-state index in [2.05, 4.69) is 10.2 Å². The van der Waals surface area contributed by atoms with Gasteiger partial charge in [-0.25, -0.2) is 4.39 Å². The third-order valence-electron chi connectivity index (χ3n) is 8.17. The summed E-state index contributed by atoms with van der Waals surface area (Å²) in [5.41, 5.74) is 2.64. The summed E-state index contributed by atoms with van der Waals surface area (Å²) in [6.45, 7) is 2.25. The molecular formula is C28H30FN3O4. The third kappa shape index (κ3) is 4.28. The van der Waals surface area contributed by atoms with Gasteiger partial charge in [-0.15, -0.1) is 0 Å². The molecule has 3 heterocycles. The second-order valence-electron chi connectivity index (χ2n) is 10.4. The molecule has 0 aromatic heterocycles. The van der Waals surface area contributed by atoms with E-state index in [0.717, 1.165) is 43.7 Å². The molecule has 2 aromatic carbocycles. The summed E-state index contributed by atoms with van der Waals surface area (Å²) in [7, 11) is 0. The van der Waals surface area contributed by atoms with E-state index in [1.165, 1.54) is 24.1 Å². The van der Waals surface area contributed by atoms with Crippen LogP contribution in [0.25, 0.3) is 0 Å². The molecule has 7 nitrogen and oxygen atoms in total. The minimum absolute atomic E-state index is 0.0781. The number of carbonyl (C=O) groups excluding carboxylic acids is 3. The fourth-order valence-electron chi connectivity index (χ4n) is 6.16. The van der Waals surface area contributed by atoms with E-state index >= 15 is 0 Å². The maximum atomic E-state index is 13.3. The Morgan fingerprint density at radius 2 is 1.72 bits per heavy atom. The fraction of sp³-hybridized carbons (Fsp3) is 0.464. The van der Waals surface area contributed by atoms with Crippen molar-refractivity contribution in [1.29, 1.82) is 0 Å². The number of nitrogens with one attached hydrogen (secondary N) is 1. The molecule has 0 spiro atoms. The lowest BCUT2D eigenvalue weighted by Gasteiger charge is -2.48. The highest BCUT2D eigenvalue weighted by molar-refractivity contribution is 6.05. The molecule has 188 valence electrons. The van der Waals surface area contributed by atoms with E-state index in [1.54, 1.807) is 11.0 Å². The number of nitrogens with zero attached hydrogens (tertiary/aromatic N) is 2. The van der Waals surface area contributed by atoms with E-state index in [9.17, 15) is 18.8 Å². The van der Waals surface area contributed by atoms with Crippen molar-refractivity contribution in [2.24, 2.45) is 0 Å². The van der Waals surface area contributed by atoms with Gasteiger partial charge in [-0.1, -0.05) is 18.6 Å². The predicted octanol–water partition coefficient (Wildman–Crippen LogP) is 3.38. The Morgan fingerprint density at radius 3 is 2.50 bits per heavy atom. The van der Waals surface area contributed by atoms with Crippen molar-refractivity contribution in [3.05, 3.63) is 65.0 Å². The molecule has 0 radical (unpaired) electrons. The summed E-state index contributed by atoms with van der Waals surface area (Å²) in [6.07, 6.45) is 5.06. The highest BCUT2D eigenvalue weighted by Gasteiger charge is 2.41. The summed E-state index contributed by atoms with van der Waals surface area (Å²) in [5.74, 6) is 0.115. The number of rotatable bonds is 5. The van der Waals surface area contributed by atoms with Crippen LogP contribution in [0.3, 0.4) is 0 Å². The van der Waals surface area contributed by atoms with Gasteiger partial charge in [0.05, 0.1) is 0 Å². The Hall–Kier alpha value is -3.26. The third-order valence-corrected chi connectivity index (χ3v) is 8.17. The van der Waals surface area contributed by atoms with Crippen LogP contribution in [0.2, 0.25) is 0 Å². The highest BCUT2D eigenvalue weighted by Crippen LogP contribution is 2.36. The Kier molecular flexibility index (Phi) is 5.99. The number of benzene rings is 2. The van der Waals surface area contributed by atoms with E-state index in [0.29, 0.717) is 30.5 Å². The molecule has 1 saturated carbocycles. The molecule has 1 N–H and O–H groups in total. The molecule has 3 fully saturated rings. The number of ether oxygens (including phenoxy) is 1. The lowest BCUT2D eigenvalue weighted by molar-refractivity contribution is -0.136. The average molecular weight is 492 g/mol. The molecule has 1 aliphatic carbocycles. The van der Waals surface area contributed by atoms with Gasteiger partial charge >= 0.3 is 0 Å². The van der Waals surface area contributed by atoms with Gasteiger partial charge in [0.15, 0.2) is 0 Å². The van der Waals surface area contributed by atoms with Crippen LogP contribution in [-0.2, 0) is 16.1 Å². The van der Waals surface area contributed by atoms with Gasteiger partial charge in [0.25, 0.3) is 5.91 Å². The first-order valence-electron chi connectivity index (χ1n) is 12.9. The molecule has 36 heavy (non-hydrogen) atoms. The Balaban J connectivity index is 1.11. The number of piperidine rings is 1. The first-order chi connectivity index (χ1) is 17.5. The number of amides is 3. The number of carbonyl (C=O) groups is 3. The van der Waals surface area contributed by atoms with Gasteiger partial charge in [0.2, 0.25) is 11.8 Å². The van der Waals surface area contributed by atoms with Crippen LogP contribution in [-0.4, -0.2) is 58.8 Å². The van der Waals surface area contributed by atoms with Crippen LogP contribution >= 0.6 is 0 Å². The van der Waals surface area contributed by atoms with Crippen molar-refractivity contribution in [2.45, 2.75) is 69.2 Å². The first kappa shape index (κ1) is 23.2. The molecule has 2 aromatic rings. The largest absolute Gasteiger partial charge is 0.489 e. The monoisotopic (exact) mass is 491 g/mol. The Morgan fingerprint density at radius 1 is 0.944 bits per heavy atom. The van der Waals surface area contributed by atoms with E-state index < -0.39 is 11.9 Å². The van der Waals surface area contributed by atoms with Crippen LogP contribution in [0.4, 0.5) is 4.39 Å². The van der Waals surface area contributed by atoms with Gasteiger partial charge in [0, 0.05) is 43.6 Å². The van der Waals surface area contributed by atoms with Crippen molar-refractivity contribution in [2.75, 3.05) is 13.1 Å². The van der Waals surface area contributed by atoms with Crippen molar-refractivity contribution >= 4 is 17.7 Å². The molecule has 3 atom stereocenters. The summed E-state index contributed by atoms with van der Waals surface area (Å²) in [6, 6.07) is 12.1. The normalized spacial score (nSPS) is 27.0. The van der Waals surface area contributed by atoms with Crippen molar-refractivity contribution < 1.29 is 23.5 Å². The standard InChI is InChI=1S/C28H30FN3O4/c29-20-7-5-17(6-8-20)19-14-31(15-19)23-3-1-2-4-25(23)36-21-9-10-22-18(13-21)16-32(28(22)35)24-11-12-26(33)30-27(24)34/h5-10,13,19,23-25H,1-4,11-12,14-16H2,(H,30,33,34)/t23-,24?,25+/m0/s1. The number of hydrogen-bond acceptors (Lipinski definition) is 5. The second kappa shape index (κ2) is 9.32. The predicted molar refractivity (Wildman–Crippen MR) is 130 cm³/mol. The van der Waals surface area contributed by atoms with Crippen LogP contribution < -0.4 is 10.1 Å². The van der Waals surface area contributed by atoms with Gasteiger partial charge in [-0.2, -0.15) is 0 Å². The zero-order valence-corrected chi connectivity index (χ0v) is 20.1. The fourth-order valence-corrected chi connectivity index (χ4v) is 6.16. The molecule has 2 saturated heterocycles. The smallest absolute Gasteiger partial charge is 0.255 e. The maximum absolute atomic E-state index is 13.3. The van der Waals surface area contributed by atoms with Crippen molar-refractivity contribution in [3.8, 4) is 5.75 Å². The van der Waals surface area contributed by atoms with Gasteiger partial charge in [-0.05, 0) is 67.1 Å². The summed E-state index contributed by atoms with van der Waals surface area (Å²) in [5, 5.41) is 2.34. The summed E-state index contributed by atoms with van der Waals surface area (Å²) >= 11 is 0. The highest BCUT2D eigenvalue weighted by atomic mass is 19.1. The van der Waals surface area contributed by atoms with Crippen molar-refractivity contribution in [3.63, 3.8) is 0 Å². The quantitative estimate of drug-likeness (QED) is 0.649. The number of halogens is 1. The second-order valence-corrected chi connectivity index (χ2v) is 10.4. The van der Waals surface area contributed by atoms with Gasteiger partial charge in [-0.3, -0.25) is 24.6 Å².